The third kappa shape index (κ3) is 5.87. The fourth-order valence-electron chi connectivity index (χ4n) is 2.31. The first kappa shape index (κ1) is 15.2. The zero-order valence-electron chi connectivity index (χ0n) is 10.3. The van der Waals surface area contributed by atoms with Crippen molar-refractivity contribution < 1.29 is 52.8 Å². The molecule has 62 valence electrons. The summed E-state index contributed by atoms with van der Waals surface area (Å²) in [5.74, 6) is 2.50. The van der Waals surface area contributed by atoms with E-state index in [0.717, 1.165) is 24.2 Å². The van der Waals surface area contributed by atoms with Gasteiger partial charge in [0.1, 0.15) is 6.71 Å². The largest absolute Gasteiger partial charge is 1.00 e. The Labute approximate surface area is 117 Å². The van der Waals surface area contributed by atoms with Crippen molar-refractivity contribution >= 4 is 6.71 Å². The summed E-state index contributed by atoms with van der Waals surface area (Å²) in [5.41, 5.74) is 0. The van der Waals surface area contributed by atoms with Crippen LogP contribution in [-0.4, -0.2) is 6.71 Å². The molecule has 0 amide bonds. The molecule has 0 rings (SSSR count). The Hall–Kier alpha value is 1.70. The van der Waals surface area contributed by atoms with Gasteiger partial charge in [-0.25, -0.2) is 0 Å². The first-order valence-corrected chi connectivity index (χ1v) is 4.46. The van der Waals surface area contributed by atoms with E-state index >= 15 is 0 Å². The van der Waals surface area contributed by atoms with Crippen LogP contribution in [0.5, 0.6) is 0 Å². The molecule has 0 unspecified atom stereocenters. The van der Waals surface area contributed by atoms with Gasteiger partial charge in [0.15, 0.2) is 0 Å². The van der Waals surface area contributed by atoms with Crippen LogP contribution in [0.2, 0.25) is 17.5 Å². The molecule has 0 heterocycles. The van der Waals surface area contributed by atoms with Crippen molar-refractivity contribution in [1.29, 1.82) is 0 Å². The summed E-state index contributed by atoms with van der Waals surface area (Å²) in [6.45, 7) is 14.8. The van der Waals surface area contributed by atoms with Crippen molar-refractivity contribution in [3.8, 4) is 0 Å². The zero-order chi connectivity index (χ0) is 8.31. The third-order valence-electron chi connectivity index (χ3n) is 2.31. The molecule has 0 aromatic heterocycles. The maximum atomic E-state index is 2.32. The van der Waals surface area contributed by atoms with Crippen molar-refractivity contribution in [2.45, 2.75) is 59.0 Å². The summed E-state index contributed by atoms with van der Waals surface area (Å²) in [7, 11) is 0. The topological polar surface area (TPSA) is 0 Å². The molecule has 0 N–H and O–H groups in total. The van der Waals surface area contributed by atoms with Gasteiger partial charge in [-0.15, -0.1) is 0 Å². The number of hydrogen-bond acceptors (Lipinski definition) is 0. The molecular weight excluding hydrogens is 158 g/mol. The van der Waals surface area contributed by atoms with Crippen molar-refractivity contribution in [3.05, 3.63) is 0 Å². The second-order valence-electron chi connectivity index (χ2n) is 4.31. The first-order chi connectivity index (χ1) is 4.46. The van der Waals surface area contributed by atoms with Gasteiger partial charge >= 0.3 is 51.4 Å². The van der Waals surface area contributed by atoms with Crippen molar-refractivity contribution in [2.75, 3.05) is 0 Å². The molecule has 11 heavy (non-hydrogen) atoms. The van der Waals surface area contributed by atoms with E-state index in [9.17, 15) is 0 Å². The van der Waals surface area contributed by atoms with Crippen LogP contribution in [0.1, 0.15) is 43.0 Å². The zero-order valence-corrected chi connectivity index (χ0v) is 12.4. The molecule has 0 aliphatic rings. The second-order valence-corrected chi connectivity index (χ2v) is 4.31. The Morgan fingerprint density at radius 1 is 0.727 bits per heavy atom. The third-order valence-corrected chi connectivity index (χ3v) is 2.31. The maximum absolute atomic E-state index is 2.32. The predicted octanol–water partition coefficient (Wildman–Crippen LogP) is 0.828. The van der Waals surface area contributed by atoms with Gasteiger partial charge in [0.2, 0.25) is 0 Å². The molecule has 0 bridgehead atoms. The maximum Gasteiger partial charge on any atom is 1.00 e. The fraction of sp³-hybridized carbons (Fsp3) is 1.00. The van der Waals surface area contributed by atoms with E-state index < -0.39 is 0 Å². The summed E-state index contributed by atoms with van der Waals surface area (Å²) in [6.07, 6.45) is 0. The number of hydrogen-bond donors (Lipinski definition) is 0. The van der Waals surface area contributed by atoms with Crippen LogP contribution in [0.3, 0.4) is 0 Å². The van der Waals surface area contributed by atoms with Gasteiger partial charge in [-0.1, -0.05) is 59.0 Å². The fourth-order valence-corrected chi connectivity index (χ4v) is 2.31. The molecule has 0 aromatic rings. The average molecular weight is 180 g/mol. The van der Waals surface area contributed by atoms with Gasteiger partial charge in [-0.05, 0) is 0 Å². The van der Waals surface area contributed by atoms with Gasteiger partial charge < -0.3 is 1.43 Å². The van der Waals surface area contributed by atoms with Crippen LogP contribution in [0, 0.1) is 0 Å². The van der Waals surface area contributed by atoms with E-state index in [1.54, 1.807) is 0 Å². The molecule has 0 aliphatic carbocycles. The van der Waals surface area contributed by atoms with Crippen LogP contribution < -0.4 is 51.4 Å². The van der Waals surface area contributed by atoms with E-state index in [2.05, 4.69) is 41.5 Å². The molecule has 0 saturated carbocycles. The molecular formula is C9H22BK. The molecule has 0 spiro atoms. The van der Waals surface area contributed by atoms with Crippen LogP contribution >= 0.6 is 0 Å². The first-order valence-electron chi connectivity index (χ1n) is 4.46. The Morgan fingerprint density at radius 2 is 0.909 bits per heavy atom. The number of rotatable bonds is 3. The monoisotopic (exact) mass is 180 g/mol. The summed E-state index contributed by atoms with van der Waals surface area (Å²) in [4.78, 5) is 0. The molecule has 0 aromatic carbocycles. The van der Waals surface area contributed by atoms with Crippen LogP contribution in [-0.2, 0) is 0 Å². The van der Waals surface area contributed by atoms with Crippen LogP contribution in [0.25, 0.3) is 0 Å². The SMILES string of the molecule is CC(C)B(C(C)C)C(C)C.[H-].[K+]. The summed E-state index contributed by atoms with van der Waals surface area (Å²) in [5, 5.41) is 0. The summed E-state index contributed by atoms with van der Waals surface area (Å²) >= 11 is 0. The van der Waals surface area contributed by atoms with E-state index in [1.165, 1.54) is 0 Å². The quantitative estimate of drug-likeness (QED) is 0.564. The van der Waals surface area contributed by atoms with E-state index in [4.69, 9.17) is 0 Å². The van der Waals surface area contributed by atoms with E-state index in [0.29, 0.717) is 0 Å². The van der Waals surface area contributed by atoms with E-state index in [-0.39, 0.29) is 52.8 Å². The smallest absolute Gasteiger partial charge is 1.00 e. The Balaban J connectivity index is -0.000000405. The molecule has 0 fully saturated rings. The molecule has 0 aliphatic heterocycles. The Kier molecular flexibility index (Phi) is 9.85. The molecule has 0 nitrogen and oxygen atoms in total. The van der Waals surface area contributed by atoms with Gasteiger partial charge in [0, 0.05) is 0 Å². The molecule has 0 saturated heterocycles. The second kappa shape index (κ2) is 7.14. The average Bonchev–Trinajstić information content (AvgIpc) is 1.59. The van der Waals surface area contributed by atoms with Crippen LogP contribution in [0.15, 0.2) is 0 Å². The molecule has 0 atom stereocenters. The minimum absolute atomic E-state index is 0. The molecule has 0 radical (unpaired) electrons. The minimum Gasteiger partial charge on any atom is -1.00 e. The van der Waals surface area contributed by atoms with Crippen molar-refractivity contribution in [1.82, 2.24) is 0 Å². The van der Waals surface area contributed by atoms with Gasteiger partial charge in [0.25, 0.3) is 0 Å². The minimum atomic E-state index is 0. The predicted molar refractivity (Wildman–Crippen MR) is 52.2 cm³/mol. The Morgan fingerprint density at radius 3 is 0.909 bits per heavy atom. The summed E-state index contributed by atoms with van der Waals surface area (Å²) in [6, 6.07) is 0. The molecule has 2 heteroatoms. The van der Waals surface area contributed by atoms with Crippen molar-refractivity contribution in [2.24, 2.45) is 0 Å². The van der Waals surface area contributed by atoms with Gasteiger partial charge in [-0.2, -0.15) is 0 Å². The van der Waals surface area contributed by atoms with Crippen LogP contribution in [0.4, 0.5) is 0 Å². The Bertz CT molecular complexity index is 75.5. The normalized spacial score (nSPS) is 10.6. The standard InChI is InChI=1S/C9H21B.K.H/c1-7(2)10(8(3)4)9(5)6;;/h7-9H,1-6H3;;/q;+1;-1. The van der Waals surface area contributed by atoms with E-state index in [1.807, 2.05) is 0 Å². The van der Waals surface area contributed by atoms with Gasteiger partial charge in [-0.3, -0.25) is 0 Å². The van der Waals surface area contributed by atoms with Crippen molar-refractivity contribution in [3.63, 3.8) is 0 Å². The van der Waals surface area contributed by atoms with Gasteiger partial charge in [0.05, 0.1) is 0 Å². The summed E-state index contributed by atoms with van der Waals surface area (Å²) < 4.78 is 0.